The smallest absolute Gasteiger partial charge is 0.253 e. The van der Waals surface area contributed by atoms with Crippen LogP contribution < -0.4 is 0 Å². The maximum absolute atomic E-state index is 13.0. The first kappa shape index (κ1) is 22.7. The van der Waals surface area contributed by atoms with Crippen molar-refractivity contribution in [2.75, 3.05) is 39.3 Å². The molecule has 1 aliphatic rings. The molecule has 0 bridgehead atoms. The van der Waals surface area contributed by atoms with E-state index in [1.165, 1.54) is 22.0 Å². The van der Waals surface area contributed by atoms with Crippen LogP contribution >= 0.6 is 11.6 Å². The number of carbonyl (C=O) groups excluding carboxylic acids is 1. The number of pyridine rings is 1. The molecule has 0 saturated carbocycles. The van der Waals surface area contributed by atoms with Crippen LogP contribution in [0.4, 0.5) is 0 Å². The summed E-state index contributed by atoms with van der Waals surface area (Å²) in [6.07, 6.45) is 3.55. The number of amides is 1. The summed E-state index contributed by atoms with van der Waals surface area (Å²) >= 11 is 6.18. The Labute approximate surface area is 183 Å². The number of halogens is 1. The Bertz CT molecular complexity index is 973. The van der Waals surface area contributed by atoms with Crippen molar-refractivity contribution >= 4 is 27.5 Å². The highest BCUT2D eigenvalue weighted by molar-refractivity contribution is 7.89. The molecule has 1 aliphatic heterocycles. The van der Waals surface area contributed by atoms with Crippen LogP contribution in [-0.2, 0) is 16.6 Å². The number of nitrogens with zero attached hydrogens (tertiary/aromatic N) is 4. The largest absolute Gasteiger partial charge is 0.336 e. The lowest BCUT2D eigenvalue weighted by molar-refractivity contribution is 0.0628. The van der Waals surface area contributed by atoms with E-state index in [0.717, 1.165) is 19.6 Å². The van der Waals surface area contributed by atoms with E-state index in [1.807, 2.05) is 12.1 Å². The SMILES string of the molecule is CCN(CC)S(=O)(=O)c1cc(C(=O)N2CCN(Cc3ccncc3)CC2)ccc1Cl. The molecule has 2 aromatic rings. The Morgan fingerprint density at radius 1 is 1.07 bits per heavy atom. The van der Waals surface area contributed by atoms with Crippen molar-refractivity contribution in [3.8, 4) is 0 Å². The Morgan fingerprint density at radius 2 is 1.70 bits per heavy atom. The van der Waals surface area contributed by atoms with Crippen LogP contribution in [0.25, 0.3) is 0 Å². The molecular formula is C21H27ClN4O3S. The van der Waals surface area contributed by atoms with Gasteiger partial charge in [0, 0.05) is 63.8 Å². The van der Waals surface area contributed by atoms with Gasteiger partial charge in [-0.25, -0.2) is 8.42 Å². The summed E-state index contributed by atoms with van der Waals surface area (Å²) < 4.78 is 27.1. The van der Waals surface area contributed by atoms with E-state index in [-0.39, 0.29) is 15.8 Å². The lowest BCUT2D eigenvalue weighted by atomic mass is 10.1. The predicted octanol–water partition coefficient (Wildman–Crippen LogP) is 2.72. The summed E-state index contributed by atoms with van der Waals surface area (Å²) in [5.74, 6) is -0.175. The third kappa shape index (κ3) is 5.00. The molecule has 2 heterocycles. The molecule has 0 radical (unpaired) electrons. The molecule has 1 aromatic heterocycles. The zero-order valence-corrected chi connectivity index (χ0v) is 18.9. The standard InChI is InChI=1S/C21H27ClN4O3S/c1-3-26(4-2)30(28,29)20-15-18(5-6-19(20)22)21(27)25-13-11-24(12-14-25)16-17-7-9-23-10-8-17/h5-10,15H,3-4,11-14,16H2,1-2H3. The van der Waals surface area contributed by atoms with E-state index in [2.05, 4.69) is 9.88 Å². The lowest BCUT2D eigenvalue weighted by Gasteiger charge is -2.34. The molecular weight excluding hydrogens is 424 g/mol. The monoisotopic (exact) mass is 450 g/mol. The Balaban J connectivity index is 1.71. The highest BCUT2D eigenvalue weighted by atomic mass is 35.5. The summed E-state index contributed by atoms with van der Waals surface area (Å²) in [6, 6.07) is 8.47. The third-order valence-corrected chi connectivity index (χ3v) is 7.85. The van der Waals surface area contributed by atoms with Crippen LogP contribution in [0.3, 0.4) is 0 Å². The summed E-state index contributed by atoms with van der Waals surface area (Å²) in [6.45, 7) is 7.73. The zero-order valence-electron chi connectivity index (χ0n) is 17.3. The van der Waals surface area contributed by atoms with Gasteiger partial charge in [-0.1, -0.05) is 25.4 Å². The van der Waals surface area contributed by atoms with Crippen LogP contribution in [0.15, 0.2) is 47.6 Å². The number of sulfonamides is 1. The van der Waals surface area contributed by atoms with Crippen molar-refractivity contribution in [2.24, 2.45) is 0 Å². The summed E-state index contributed by atoms with van der Waals surface area (Å²) in [7, 11) is -3.74. The number of piperazine rings is 1. The predicted molar refractivity (Wildman–Crippen MR) is 117 cm³/mol. The van der Waals surface area contributed by atoms with Crippen LogP contribution in [-0.4, -0.2) is 72.7 Å². The molecule has 7 nitrogen and oxygen atoms in total. The number of rotatable bonds is 7. The maximum Gasteiger partial charge on any atom is 0.253 e. The van der Waals surface area contributed by atoms with Gasteiger partial charge in [0.25, 0.3) is 5.91 Å². The van der Waals surface area contributed by atoms with Crippen molar-refractivity contribution in [1.82, 2.24) is 19.1 Å². The molecule has 1 amide bonds. The number of carbonyl (C=O) groups is 1. The average molecular weight is 451 g/mol. The topological polar surface area (TPSA) is 73.8 Å². The first-order valence-electron chi connectivity index (χ1n) is 10.1. The molecule has 0 N–H and O–H groups in total. The second-order valence-electron chi connectivity index (χ2n) is 7.16. The maximum atomic E-state index is 13.0. The fraction of sp³-hybridized carbons (Fsp3) is 0.429. The van der Waals surface area contributed by atoms with Gasteiger partial charge in [0.1, 0.15) is 4.90 Å². The van der Waals surface area contributed by atoms with Gasteiger partial charge in [-0.2, -0.15) is 4.31 Å². The number of hydrogen-bond acceptors (Lipinski definition) is 5. The zero-order chi connectivity index (χ0) is 21.7. The van der Waals surface area contributed by atoms with E-state index in [0.29, 0.717) is 31.7 Å². The van der Waals surface area contributed by atoms with Gasteiger partial charge in [0.15, 0.2) is 0 Å². The first-order chi connectivity index (χ1) is 14.4. The molecule has 0 aliphatic carbocycles. The van der Waals surface area contributed by atoms with Gasteiger partial charge in [0.2, 0.25) is 10.0 Å². The van der Waals surface area contributed by atoms with Gasteiger partial charge in [-0.15, -0.1) is 0 Å². The normalized spacial score (nSPS) is 15.5. The molecule has 0 atom stereocenters. The van der Waals surface area contributed by atoms with E-state index in [1.54, 1.807) is 37.2 Å². The highest BCUT2D eigenvalue weighted by Gasteiger charge is 2.27. The second-order valence-corrected chi connectivity index (χ2v) is 9.47. The second kappa shape index (κ2) is 9.87. The first-order valence-corrected chi connectivity index (χ1v) is 11.9. The van der Waals surface area contributed by atoms with Crippen molar-refractivity contribution in [2.45, 2.75) is 25.3 Å². The van der Waals surface area contributed by atoms with Crippen LogP contribution in [0.2, 0.25) is 5.02 Å². The minimum Gasteiger partial charge on any atom is -0.336 e. The number of hydrogen-bond donors (Lipinski definition) is 0. The third-order valence-electron chi connectivity index (χ3n) is 5.32. The molecule has 162 valence electrons. The van der Waals surface area contributed by atoms with E-state index < -0.39 is 10.0 Å². The van der Waals surface area contributed by atoms with E-state index >= 15 is 0 Å². The van der Waals surface area contributed by atoms with Gasteiger partial charge < -0.3 is 4.90 Å². The summed E-state index contributed by atoms with van der Waals surface area (Å²) in [5.41, 5.74) is 1.53. The minimum atomic E-state index is -3.74. The molecule has 9 heteroatoms. The van der Waals surface area contributed by atoms with Crippen LogP contribution in [0.1, 0.15) is 29.8 Å². The van der Waals surface area contributed by atoms with Gasteiger partial charge >= 0.3 is 0 Å². The molecule has 0 spiro atoms. The van der Waals surface area contributed by atoms with E-state index in [4.69, 9.17) is 11.6 Å². The summed E-state index contributed by atoms with van der Waals surface area (Å²) in [5, 5.41) is 0.126. The van der Waals surface area contributed by atoms with Gasteiger partial charge in [0.05, 0.1) is 5.02 Å². The molecule has 1 saturated heterocycles. The number of benzene rings is 1. The minimum absolute atomic E-state index is 0.0185. The fourth-order valence-electron chi connectivity index (χ4n) is 3.57. The molecule has 1 fully saturated rings. The quantitative estimate of drug-likeness (QED) is 0.648. The van der Waals surface area contributed by atoms with Crippen LogP contribution in [0.5, 0.6) is 0 Å². The Kier molecular flexibility index (Phi) is 7.46. The van der Waals surface area contributed by atoms with Gasteiger partial charge in [-0.3, -0.25) is 14.7 Å². The highest BCUT2D eigenvalue weighted by Crippen LogP contribution is 2.26. The van der Waals surface area contributed by atoms with Crippen LogP contribution in [0, 0.1) is 0 Å². The molecule has 30 heavy (non-hydrogen) atoms. The average Bonchev–Trinajstić information content (AvgIpc) is 2.75. The number of aromatic nitrogens is 1. The molecule has 3 rings (SSSR count). The van der Waals surface area contributed by atoms with Gasteiger partial charge in [-0.05, 0) is 35.9 Å². The molecule has 0 unspecified atom stereocenters. The van der Waals surface area contributed by atoms with E-state index in [9.17, 15) is 13.2 Å². The van der Waals surface area contributed by atoms with Crippen molar-refractivity contribution in [3.05, 3.63) is 58.9 Å². The summed E-state index contributed by atoms with van der Waals surface area (Å²) in [4.78, 5) is 21.1. The Morgan fingerprint density at radius 3 is 2.30 bits per heavy atom. The van der Waals surface area contributed by atoms with Crippen molar-refractivity contribution < 1.29 is 13.2 Å². The Hall–Kier alpha value is -2.00. The lowest BCUT2D eigenvalue weighted by Crippen LogP contribution is -2.48. The fourth-order valence-corrected chi connectivity index (χ4v) is 5.53. The molecule has 1 aromatic carbocycles. The van der Waals surface area contributed by atoms with Crippen molar-refractivity contribution in [3.63, 3.8) is 0 Å². The van der Waals surface area contributed by atoms with Crippen molar-refractivity contribution in [1.29, 1.82) is 0 Å².